The van der Waals surface area contributed by atoms with E-state index < -0.39 is 11.9 Å². The molecule has 2 aliphatic heterocycles. The van der Waals surface area contributed by atoms with Gasteiger partial charge in [0, 0.05) is 37.9 Å². The number of rotatable bonds is 4. The van der Waals surface area contributed by atoms with Gasteiger partial charge in [-0.25, -0.2) is 4.79 Å². The number of hydrogen-bond acceptors (Lipinski definition) is 8. The number of methoxy groups -OCH3 is 1. The van der Waals surface area contributed by atoms with E-state index in [1.807, 2.05) is 12.1 Å². The van der Waals surface area contributed by atoms with Crippen molar-refractivity contribution in [3.63, 3.8) is 0 Å². The molecule has 2 saturated heterocycles. The summed E-state index contributed by atoms with van der Waals surface area (Å²) in [6, 6.07) is 8.07. The zero-order chi connectivity index (χ0) is 18.4. The molecule has 2 N–H and O–H groups in total. The number of amides is 1. The lowest BCUT2D eigenvalue weighted by atomic mass is 10.2. The van der Waals surface area contributed by atoms with Gasteiger partial charge in [0.15, 0.2) is 5.17 Å². The van der Waals surface area contributed by atoms with Crippen LogP contribution in [-0.4, -0.2) is 56.5 Å². The molecule has 0 bridgehead atoms. The number of anilines is 1. The molecule has 3 rings (SSSR count). The van der Waals surface area contributed by atoms with Crippen LogP contribution in [0.1, 0.15) is 5.56 Å². The van der Waals surface area contributed by atoms with Gasteiger partial charge in [-0.2, -0.15) is 5.10 Å². The zero-order valence-corrected chi connectivity index (χ0v) is 15.1. The van der Waals surface area contributed by atoms with Crippen molar-refractivity contribution < 1.29 is 14.3 Å². The molecule has 1 aromatic rings. The van der Waals surface area contributed by atoms with Gasteiger partial charge < -0.3 is 15.0 Å². The number of esters is 1. The van der Waals surface area contributed by atoms with Crippen molar-refractivity contribution >= 4 is 40.7 Å². The maximum absolute atomic E-state index is 11.7. The van der Waals surface area contributed by atoms with E-state index in [4.69, 9.17) is 0 Å². The van der Waals surface area contributed by atoms with Gasteiger partial charge in [-0.3, -0.25) is 10.1 Å². The number of piperazine rings is 1. The predicted molar refractivity (Wildman–Crippen MR) is 102 cm³/mol. The highest BCUT2D eigenvalue weighted by Gasteiger charge is 2.24. The molecule has 136 valence electrons. The normalized spacial score (nSPS) is 20.8. The number of ether oxygens (including phenoxy) is 1. The molecule has 0 saturated carbocycles. The summed E-state index contributed by atoms with van der Waals surface area (Å²) in [5, 5.41) is 14.2. The molecule has 2 heterocycles. The number of thioether (sulfide) groups is 1. The highest BCUT2D eigenvalue weighted by molar-refractivity contribution is 8.18. The number of carbonyl (C=O) groups excluding carboxylic acids is 2. The van der Waals surface area contributed by atoms with Crippen molar-refractivity contribution in [2.45, 2.75) is 0 Å². The van der Waals surface area contributed by atoms with Crippen molar-refractivity contribution in [1.29, 1.82) is 0 Å². The van der Waals surface area contributed by atoms with Crippen LogP contribution in [0.2, 0.25) is 0 Å². The first-order valence-electron chi connectivity index (χ1n) is 8.11. The van der Waals surface area contributed by atoms with Gasteiger partial charge in [0.25, 0.3) is 5.91 Å². The van der Waals surface area contributed by atoms with Crippen LogP contribution in [0.3, 0.4) is 0 Å². The van der Waals surface area contributed by atoms with E-state index in [0.29, 0.717) is 5.17 Å². The van der Waals surface area contributed by atoms with Gasteiger partial charge in [-0.05, 0) is 29.5 Å². The van der Waals surface area contributed by atoms with Crippen LogP contribution in [0, 0.1) is 0 Å². The lowest BCUT2D eigenvalue weighted by Crippen LogP contribution is -2.43. The minimum Gasteiger partial charge on any atom is -0.466 e. The lowest BCUT2D eigenvalue weighted by Gasteiger charge is -2.29. The monoisotopic (exact) mass is 373 g/mol. The number of nitrogens with zero attached hydrogens (tertiary/aromatic N) is 3. The number of nitrogens with one attached hydrogen (secondary N) is 2. The Balaban J connectivity index is 1.60. The maximum atomic E-state index is 11.7. The largest absolute Gasteiger partial charge is 0.466 e. The number of benzene rings is 1. The van der Waals surface area contributed by atoms with Crippen LogP contribution in [-0.2, 0) is 14.3 Å². The first-order valence-corrected chi connectivity index (χ1v) is 8.93. The number of carbonyl (C=O) groups is 2. The van der Waals surface area contributed by atoms with Gasteiger partial charge >= 0.3 is 5.97 Å². The Morgan fingerprint density at radius 2 is 2.00 bits per heavy atom. The highest BCUT2D eigenvalue weighted by atomic mass is 32.2. The molecule has 0 spiro atoms. The fourth-order valence-electron chi connectivity index (χ4n) is 2.48. The molecular formula is C17H19N5O3S. The summed E-state index contributed by atoms with van der Waals surface area (Å²) in [7, 11) is 1.25. The first kappa shape index (κ1) is 18.2. The van der Waals surface area contributed by atoms with E-state index >= 15 is 0 Å². The third kappa shape index (κ3) is 4.70. The van der Waals surface area contributed by atoms with E-state index in [-0.39, 0.29) is 4.91 Å². The Labute approximate surface area is 155 Å². The second-order valence-corrected chi connectivity index (χ2v) is 6.60. The Morgan fingerprint density at radius 1 is 1.27 bits per heavy atom. The van der Waals surface area contributed by atoms with Crippen molar-refractivity contribution in [1.82, 2.24) is 10.6 Å². The number of hydrogen-bond donors (Lipinski definition) is 2. The van der Waals surface area contributed by atoms with E-state index in [1.54, 1.807) is 6.21 Å². The van der Waals surface area contributed by atoms with Crippen molar-refractivity contribution in [2.75, 3.05) is 38.2 Å². The molecule has 9 heteroatoms. The zero-order valence-electron chi connectivity index (χ0n) is 14.3. The third-order valence-electron chi connectivity index (χ3n) is 3.83. The minimum atomic E-state index is -0.586. The van der Waals surface area contributed by atoms with Crippen LogP contribution in [0.4, 0.5) is 5.69 Å². The van der Waals surface area contributed by atoms with Crippen LogP contribution in [0.15, 0.2) is 45.4 Å². The van der Waals surface area contributed by atoms with Crippen molar-refractivity contribution in [2.24, 2.45) is 10.2 Å². The second kappa shape index (κ2) is 8.63. The van der Waals surface area contributed by atoms with Gasteiger partial charge in [0.2, 0.25) is 0 Å². The summed E-state index contributed by atoms with van der Waals surface area (Å²) in [5.41, 5.74) is 2.10. The van der Waals surface area contributed by atoms with E-state index in [1.165, 1.54) is 12.8 Å². The van der Waals surface area contributed by atoms with Crippen LogP contribution >= 0.6 is 11.8 Å². The first-order chi connectivity index (χ1) is 12.7. The Kier molecular flexibility index (Phi) is 6.03. The molecule has 0 unspecified atom stereocenters. The molecule has 0 aliphatic carbocycles. The van der Waals surface area contributed by atoms with Crippen LogP contribution < -0.4 is 15.5 Å². The Bertz CT molecular complexity index is 767. The summed E-state index contributed by atoms with van der Waals surface area (Å²) in [5.74, 6) is -0.980. The van der Waals surface area contributed by atoms with E-state index in [2.05, 4.69) is 42.6 Å². The lowest BCUT2D eigenvalue weighted by molar-refractivity contribution is -0.135. The molecule has 0 radical (unpaired) electrons. The molecular weight excluding hydrogens is 354 g/mol. The molecule has 1 amide bonds. The molecule has 0 atom stereocenters. The smallest absolute Gasteiger partial charge is 0.331 e. The number of amidine groups is 1. The summed E-state index contributed by atoms with van der Waals surface area (Å²) in [4.78, 5) is 25.5. The van der Waals surface area contributed by atoms with Gasteiger partial charge in [0.1, 0.15) is 0 Å². The fourth-order valence-corrected chi connectivity index (χ4v) is 3.22. The maximum Gasteiger partial charge on any atom is 0.331 e. The highest BCUT2D eigenvalue weighted by Crippen LogP contribution is 2.23. The average molecular weight is 373 g/mol. The minimum absolute atomic E-state index is 0.228. The van der Waals surface area contributed by atoms with E-state index in [0.717, 1.165) is 49.6 Å². The predicted octanol–water partition coefficient (Wildman–Crippen LogP) is 0.706. The molecule has 26 heavy (non-hydrogen) atoms. The molecule has 8 nitrogen and oxygen atoms in total. The van der Waals surface area contributed by atoms with Gasteiger partial charge in [-0.15, -0.1) is 5.10 Å². The standard InChI is InChI=1S/C17H19N5O3S/c1-25-15(23)10-14-16(24)20-17(26-14)21-19-11-12-2-4-13(5-3-12)22-8-6-18-7-9-22/h2-5,10-11,18H,6-9H2,1H3,(H,20,21,24)/b14-10+,19-11?. The summed E-state index contributed by atoms with van der Waals surface area (Å²) in [6.45, 7) is 3.99. The second-order valence-electron chi connectivity index (χ2n) is 5.57. The Hall–Kier alpha value is -2.65. The fraction of sp³-hybridized carbons (Fsp3) is 0.294. The molecule has 1 aromatic carbocycles. The SMILES string of the molecule is COC(=O)/C=C1/S/C(=N\N=Cc2ccc(N3CCNCC3)cc2)NC1=O. The summed E-state index contributed by atoms with van der Waals surface area (Å²) in [6.07, 6.45) is 2.74. The third-order valence-corrected chi connectivity index (χ3v) is 4.73. The molecule has 2 aliphatic rings. The van der Waals surface area contributed by atoms with Crippen LogP contribution in [0.5, 0.6) is 0 Å². The summed E-state index contributed by atoms with van der Waals surface area (Å²) >= 11 is 1.04. The van der Waals surface area contributed by atoms with Crippen molar-refractivity contribution in [3.05, 3.63) is 40.8 Å². The average Bonchev–Trinajstić information content (AvgIpc) is 3.02. The van der Waals surface area contributed by atoms with Gasteiger partial charge in [0.05, 0.1) is 18.2 Å². The van der Waals surface area contributed by atoms with Gasteiger partial charge in [-0.1, -0.05) is 12.1 Å². The van der Waals surface area contributed by atoms with Crippen molar-refractivity contribution in [3.8, 4) is 0 Å². The molecule has 2 fully saturated rings. The topological polar surface area (TPSA) is 95.4 Å². The van der Waals surface area contributed by atoms with E-state index in [9.17, 15) is 9.59 Å². The van der Waals surface area contributed by atoms with Crippen LogP contribution in [0.25, 0.3) is 0 Å². The summed E-state index contributed by atoms with van der Waals surface area (Å²) < 4.78 is 4.50. The quantitative estimate of drug-likeness (QED) is 0.349. The Morgan fingerprint density at radius 3 is 2.69 bits per heavy atom. The molecule has 0 aromatic heterocycles.